The van der Waals surface area contributed by atoms with Crippen LogP contribution in [0.15, 0.2) is 42.6 Å². The average molecular weight is 419 g/mol. The zero-order valence-electron chi connectivity index (χ0n) is 18.5. The van der Waals surface area contributed by atoms with Gasteiger partial charge in [-0.25, -0.2) is 0 Å². The number of carbonyl (C=O) groups excluding carboxylic acids is 2. The lowest BCUT2D eigenvalue weighted by molar-refractivity contribution is -0.132. The van der Waals surface area contributed by atoms with Crippen molar-refractivity contribution in [3.05, 3.63) is 64.8 Å². The predicted octanol–water partition coefficient (Wildman–Crippen LogP) is 5.16. The minimum absolute atomic E-state index is 0.0408. The number of methoxy groups -OCH3 is 1. The molecule has 0 atom stereocenters. The van der Waals surface area contributed by atoms with Crippen LogP contribution >= 0.6 is 0 Å². The maximum absolute atomic E-state index is 12.7. The zero-order chi connectivity index (χ0) is 22.0. The first-order valence-corrected chi connectivity index (χ1v) is 11.0. The lowest BCUT2D eigenvalue weighted by Crippen LogP contribution is -2.38. The van der Waals surface area contributed by atoms with Crippen molar-refractivity contribution in [2.75, 3.05) is 20.2 Å². The monoisotopic (exact) mass is 418 g/mol. The number of ketones is 1. The number of H-pyrrole nitrogens is 1. The lowest BCUT2D eigenvalue weighted by atomic mass is 9.89. The van der Waals surface area contributed by atoms with Gasteiger partial charge in [0.05, 0.1) is 7.11 Å². The summed E-state index contributed by atoms with van der Waals surface area (Å²) in [5, 5.41) is 1.20. The van der Waals surface area contributed by atoms with Gasteiger partial charge < -0.3 is 14.6 Å². The van der Waals surface area contributed by atoms with Crippen molar-refractivity contribution in [3.8, 4) is 5.75 Å². The van der Waals surface area contributed by atoms with Crippen LogP contribution in [0, 0.1) is 13.8 Å². The third-order valence-electron chi connectivity index (χ3n) is 6.60. The Morgan fingerprint density at radius 1 is 1.03 bits per heavy atom. The van der Waals surface area contributed by atoms with Crippen molar-refractivity contribution in [3.63, 3.8) is 0 Å². The Kier molecular flexibility index (Phi) is 6.12. The molecule has 1 saturated heterocycles. The van der Waals surface area contributed by atoms with Crippen LogP contribution in [0.3, 0.4) is 0 Å². The number of piperidine rings is 1. The summed E-state index contributed by atoms with van der Waals surface area (Å²) < 4.78 is 5.38. The number of rotatable bonds is 6. The first-order valence-electron chi connectivity index (χ1n) is 11.0. The molecule has 1 fully saturated rings. The SMILES string of the molecule is COc1ccc2[nH]cc(C3CCN(C(=O)CCC(=O)c4ccc(C)c(C)c4)CC3)c2c1. The van der Waals surface area contributed by atoms with Gasteiger partial charge in [0.1, 0.15) is 5.75 Å². The Bertz CT molecular complexity index is 1110. The number of nitrogens with one attached hydrogen (secondary N) is 1. The Morgan fingerprint density at radius 2 is 1.81 bits per heavy atom. The quantitative estimate of drug-likeness (QED) is 0.562. The molecule has 2 aromatic carbocycles. The second-order valence-electron chi connectivity index (χ2n) is 8.53. The van der Waals surface area contributed by atoms with E-state index < -0.39 is 0 Å². The minimum atomic E-state index is 0.0408. The molecule has 4 rings (SSSR count). The largest absolute Gasteiger partial charge is 0.497 e. The van der Waals surface area contributed by atoms with Gasteiger partial charge in [0.25, 0.3) is 0 Å². The number of ether oxygens (including phenoxy) is 1. The molecule has 1 aliphatic rings. The van der Waals surface area contributed by atoms with Gasteiger partial charge in [-0.05, 0) is 73.6 Å². The van der Waals surface area contributed by atoms with Gasteiger partial charge in [-0.1, -0.05) is 12.1 Å². The number of hydrogen-bond donors (Lipinski definition) is 1. The van der Waals surface area contributed by atoms with Gasteiger partial charge in [-0.15, -0.1) is 0 Å². The average Bonchev–Trinajstić information content (AvgIpc) is 3.22. The van der Waals surface area contributed by atoms with Crippen LogP contribution in [0.1, 0.15) is 58.6 Å². The zero-order valence-corrected chi connectivity index (χ0v) is 18.5. The Hall–Kier alpha value is -3.08. The van der Waals surface area contributed by atoms with E-state index in [1.54, 1.807) is 7.11 Å². The van der Waals surface area contributed by atoms with E-state index in [9.17, 15) is 9.59 Å². The summed E-state index contributed by atoms with van der Waals surface area (Å²) in [4.78, 5) is 30.5. The van der Waals surface area contributed by atoms with Crippen LogP contribution in [0.5, 0.6) is 5.75 Å². The fourth-order valence-electron chi connectivity index (χ4n) is 4.46. The summed E-state index contributed by atoms with van der Waals surface area (Å²) in [6, 6.07) is 11.8. The van der Waals surface area contributed by atoms with Gasteiger partial charge in [-0.3, -0.25) is 9.59 Å². The highest BCUT2D eigenvalue weighted by atomic mass is 16.5. The van der Waals surface area contributed by atoms with Crippen molar-refractivity contribution in [1.29, 1.82) is 0 Å². The Labute approximate surface area is 183 Å². The van der Waals surface area contributed by atoms with Crippen molar-refractivity contribution < 1.29 is 14.3 Å². The van der Waals surface area contributed by atoms with E-state index in [1.165, 1.54) is 16.5 Å². The topological polar surface area (TPSA) is 62.4 Å². The van der Waals surface area contributed by atoms with Crippen LogP contribution < -0.4 is 4.74 Å². The fourth-order valence-corrected chi connectivity index (χ4v) is 4.46. The number of Topliss-reactive ketones (excluding diaryl/α,β-unsaturated/α-hetero) is 1. The van der Waals surface area contributed by atoms with Gasteiger partial charge in [0, 0.05) is 48.6 Å². The summed E-state index contributed by atoms with van der Waals surface area (Å²) in [6.45, 7) is 5.50. The number of carbonyl (C=O) groups is 2. The molecular weight excluding hydrogens is 388 g/mol. The second-order valence-corrected chi connectivity index (χ2v) is 8.53. The Balaban J connectivity index is 1.33. The van der Waals surface area contributed by atoms with Crippen molar-refractivity contribution in [2.45, 2.75) is 45.4 Å². The first kappa shape index (κ1) is 21.2. The molecule has 0 bridgehead atoms. The maximum atomic E-state index is 12.7. The summed E-state index contributed by atoms with van der Waals surface area (Å²) in [5.41, 5.74) is 5.38. The van der Waals surface area contributed by atoms with E-state index >= 15 is 0 Å². The highest BCUT2D eigenvalue weighted by Gasteiger charge is 2.26. The second kappa shape index (κ2) is 8.96. The van der Waals surface area contributed by atoms with Crippen LogP contribution in [0.4, 0.5) is 0 Å². The molecule has 0 radical (unpaired) electrons. The summed E-state index contributed by atoms with van der Waals surface area (Å²) in [5.74, 6) is 1.40. The van der Waals surface area contributed by atoms with Gasteiger partial charge in [0.2, 0.25) is 5.91 Å². The molecule has 5 nitrogen and oxygen atoms in total. The number of aryl methyl sites for hydroxylation is 2. The first-order chi connectivity index (χ1) is 15.0. The van der Waals surface area contributed by atoms with E-state index in [4.69, 9.17) is 4.74 Å². The molecule has 31 heavy (non-hydrogen) atoms. The van der Waals surface area contributed by atoms with Crippen molar-refractivity contribution >= 4 is 22.6 Å². The molecule has 5 heteroatoms. The third kappa shape index (κ3) is 4.50. The molecule has 1 aromatic heterocycles. The van der Waals surface area contributed by atoms with E-state index in [-0.39, 0.29) is 24.5 Å². The van der Waals surface area contributed by atoms with E-state index in [1.807, 2.05) is 49.1 Å². The fraction of sp³-hybridized carbons (Fsp3) is 0.385. The normalized spacial score (nSPS) is 14.7. The van der Waals surface area contributed by atoms with Crippen molar-refractivity contribution in [2.24, 2.45) is 0 Å². The molecule has 0 unspecified atom stereocenters. The van der Waals surface area contributed by atoms with Gasteiger partial charge in [-0.2, -0.15) is 0 Å². The van der Waals surface area contributed by atoms with Gasteiger partial charge in [0.15, 0.2) is 5.78 Å². The molecule has 0 aliphatic carbocycles. The Morgan fingerprint density at radius 3 is 2.52 bits per heavy atom. The molecule has 1 aliphatic heterocycles. The van der Waals surface area contributed by atoms with Crippen LogP contribution in [0.2, 0.25) is 0 Å². The third-order valence-corrected chi connectivity index (χ3v) is 6.60. The highest BCUT2D eigenvalue weighted by Crippen LogP contribution is 2.34. The lowest BCUT2D eigenvalue weighted by Gasteiger charge is -2.32. The van der Waals surface area contributed by atoms with Gasteiger partial charge >= 0.3 is 0 Å². The van der Waals surface area contributed by atoms with E-state index in [0.717, 1.165) is 42.8 Å². The predicted molar refractivity (Wildman–Crippen MR) is 123 cm³/mol. The molecule has 2 heterocycles. The highest BCUT2D eigenvalue weighted by molar-refractivity contribution is 5.98. The molecular formula is C26H30N2O3. The number of amides is 1. The number of aromatic amines is 1. The van der Waals surface area contributed by atoms with Crippen molar-refractivity contribution in [1.82, 2.24) is 9.88 Å². The maximum Gasteiger partial charge on any atom is 0.223 e. The number of nitrogens with zero attached hydrogens (tertiary/aromatic N) is 1. The summed E-state index contributed by atoms with van der Waals surface area (Å²) >= 11 is 0. The number of hydrogen-bond acceptors (Lipinski definition) is 3. The number of fused-ring (bicyclic) bond motifs is 1. The molecule has 1 N–H and O–H groups in total. The number of aromatic nitrogens is 1. The molecule has 162 valence electrons. The standard InChI is InChI=1S/C26H30N2O3/c1-17-4-5-20(14-18(17)2)25(29)8-9-26(30)28-12-10-19(11-13-28)23-16-27-24-7-6-21(31-3)15-22(23)24/h4-7,14-16,19,27H,8-13H2,1-3H3. The summed E-state index contributed by atoms with van der Waals surface area (Å²) in [6.07, 6.45) is 4.50. The minimum Gasteiger partial charge on any atom is -0.497 e. The molecule has 1 amide bonds. The van der Waals surface area contributed by atoms with E-state index in [2.05, 4.69) is 17.2 Å². The van der Waals surface area contributed by atoms with E-state index in [0.29, 0.717) is 11.5 Å². The smallest absolute Gasteiger partial charge is 0.223 e. The molecule has 0 spiro atoms. The van der Waals surface area contributed by atoms with Crippen LogP contribution in [0.25, 0.3) is 10.9 Å². The number of benzene rings is 2. The van der Waals surface area contributed by atoms with Crippen LogP contribution in [-0.4, -0.2) is 41.8 Å². The number of likely N-dealkylation sites (tertiary alicyclic amines) is 1. The molecule has 3 aromatic rings. The molecule has 0 saturated carbocycles. The van der Waals surface area contributed by atoms with Crippen LogP contribution in [-0.2, 0) is 4.79 Å². The summed E-state index contributed by atoms with van der Waals surface area (Å²) in [7, 11) is 1.68.